The second-order valence-corrected chi connectivity index (χ2v) is 0.492. The van der Waals surface area contributed by atoms with Gasteiger partial charge < -0.3 is 0 Å². The first-order chi connectivity index (χ1) is 1.73. The molecule has 0 N–H and O–H groups in total. The molecule has 0 aliphatic heterocycles. The van der Waals surface area contributed by atoms with E-state index in [9.17, 15) is 0 Å². The van der Waals surface area contributed by atoms with Gasteiger partial charge in [-0.3, -0.25) is 0 Å². The van der Waals surface area contributed by atoms with Gasteiger partial charge in [0, 0.05) is 24.0 Å². The smallest absolute Gasteiger partial charge is 0.248 e. The molecule has 34 valence electrons. The maximum Gasteiger partial charge on any atom is 0.352 e. The summed E-state index contributed by atoms with van der Waals surface area (Å²) in [6, 6.07) is 0. The van der Waals surface area contributed by atoms with Crippen molar-refractivity contribution in [2.75, 3.05) is 0 Å². The van der Waals surface area contributed by atoms with Crippen molar-refractivity contribution in [3.63, 3.8) is 0 Å². The van der Waals surface area contributed by atoms with E-state index in [-0.39, 0.29) is 17.1 Å². The first-order valence-corrected chi connectivity index (χ1v) is 0.908. The summed E-state index contributed by atoms with van der Waals surface area (Å²) in [5.74, 6) is -1.08. The van der Waals surface area contributed by atoms with E-state index in [4.69, 9.17) is 9.90 Å². The van der Waals surface area contributed by atoms with E-state index in [0.29, 0.717) is 0 Å². The molecule has 0 spiro atoms. The third-order valence-electron chi connectivity index (χ3n) is 0. The van der Waals surface area contributed by atoms with Crippen LogP contribution in [0.2, 0.25) is 0 Å². The summed E-state index contributed by atoms with van der Waals surface area (Å²) in [4.78, 5) is 8.89. The van der Waals surface area contributed by atoms with Crippen LogP contribution in [-0.2, 0) is 27.0 Å². The molecule has 0 amide bonds. The predicted molar refractivity (Wildman–Crippen MR) is 11.4 cm³/mol. The van der Waals surface area contributed by atoms with E-state index in [1.54, 1.807) is 0 Å². The summed E-state index contributed by atoms with van der Waals surface area (Å²) in [6.45, 7) is 0.972. The molecule has 0 bridgehead atoms. The van der Waals surface area contributed by atoms with Crippen molar-refractivity contribution >= 4 is 5.97 Å². The standard InChI is InChI=1S/C2H3O2.Cu/c1-2(3)4;/h1H3;. The quantitative estimate of drug-likeness (QED) is 0.416. The van der Waals surface area contributed by atoms with Crippen LogP contribution < -0.4 is 0 Å². The zero-order valence-corrected chi connectivity index (χ0v) is 3.56. The van der Waals surface area contributed by atoms with Gasteiger partial charge in [0.05, 0.1) is 0 Å². The van der Waals surface area contributed by atoms with E-state index in [1.165, 1.54) is 0 Å². The Hall–Kier alpha value is -0.0105. The van der Waals surface area contributed by atoms with Crippen LogP contribution in [0.5, 0.6) is 0 Å². The summed E-state index contributed by atoms with van der Waals surface area (Å²) in [5.41, 5.74) is 0. The number of hydrogen-bond donors (Lipinski definition) is 0. The first kappa shape index (κ1) is 8.89. The van der Waals surface area contributed by atoms with Crippen LogP contribution in [0.1, 0.15) is 6.92 Å². The Morgan fingerprint density at radius 1 is 1.60 bits per heavy atom. The molecule has 2 radical (unpaired) electrons. The monoisotopic (exact) mass is 122 g/mol. The zero-order chi connectivity index (χ0) is 3.58. The Morgan fingerprint density at radius 2 is 1.60 bits per heavy atom. The van der Waals surface area contributed by atoms with Crippen molar-refractivity contribution in [2.45, 2.75) is 6.92 Å². The van der Waals surface area contributed by atoms with Crippen LogP contribution in [0.15, 0.2) is 0 Å². The number of hydrogen-bond acceptors (Lipinski definition) is 1. The molecular formula is C2H3CuO2. The van der Waals surface area contributed by atoms with Gasteiger partial charge in [0.15, 0.2) is 0 Å². The van der Waals surface area contributed by atoms with Gasteiger partial charge in [-0.15, -0.1) is 0 Å². The first-order valence-electron chi connectivity index (χ1n) is 0.908. The Kier molecular flexibility index (Phi) is 7.09. The Labute approximate surface area is 40.7 Å². The van der Waals surface area contributed by atoms with E-state index in [1.807, 2.05) is 0 Å². The molecule has 0 aliphatic rings. The summed E-state index contributed by atoms with van der Waals surface area (Å²) >= 11 is 0. The van der Waals surface area contributed by atoms with E-state index in [0.717, 1.165) is 6.92 Å². The molecule has 0 unspecified atom stereocenters. The summed E-state index contributed by atoms with van der Waals surface area (Å²) < 4.78 is 0. The molecule has 0 aromatic carbocycles. The largest absolute Gasteiger partial charge is 0.352 e. The van der Waals surface area contributed by atoms with Crippen molar-refractivity contribution < 1.29 is 27.0 Å². The summed E-state index contributed by atoms with van der Waals surface area (Å²) in [5, 5.41) is 8.89. The van der Waals surface area contributed by atoms with Crippen LogP contribution in [0.25, 0.3) is 0 Å². The average molecular weight is 123 g/mol. The maximum atomic E-state index is 8.89. The minimum Gasteiger partial charge on any atom is -0.248 e. The molecule has 0 saturated carbocycles. The van der Waals surface area contributed by atoms with Crippen LogP contribution >= 0.6 is 0 Å². The fourth-order valence-electron chi connectivity index (χ4n) is 0. The molecule has 0 aromatic rings. The van der Waals surface area contributed by atoms with Crippen LogP contribution in [-0.4, -0.2) is 5.97 Å². The molecule has 3 heteroatoms. The van der Waals surface area contributed by atoms with Crippen LogP contribution in [0.4, 0.5) is 0 Å². The molecule has 0 aliphatic carbocycles. The molecule has 0 rings (SSSR count). The average Bonchev–Trinajstić information content (AvgIpc) is 0.811. The van der Waals surface area contributed by atoms with E-state index in [2.05, 4.69) is 0 Å². The number of rotatable bonds is 0. The van der Waals surface area contributed by atoms with Crippen LogP contribution in [0, 0.1) is 0 Å². The van der Waals surface area contributed by atoms with Crippen LogP contribution in [0.3, 0.4) is 0 Å². The van der Waals surface area contributed by atoms with Gasteiger partial charge >= 0.3 is 5.97 Å². The molecule has 2 nitrogen and oxygen atoms in total. The molecule has 0 saturated heterocycles. The maximum absolute atomic E-state index is 8.89. The molecule has 0 aromatic heterocycles. The second kappa shape index (κ2) is 3.99. The second-order valence-electron chi connectivity index (χ2n) is 0.492. The van der Waals surface area contributed by atoms with Gasteiger partial charge in [-0.05, 0) is 0 Å². The Balaban J connectivity index is 0. The molecule has 0 heterocycles. The minimum atomic E-state index is -1.08. The molecule has 0 fully saturated rings. The summed E-state index contributed by atoms with van der Waals surface area (Å²) in [7, 11) is 0. The van der Waals surface area contributed by atoms with Crippen molar-refractivity contribution in [1.29, 1.82) is 0 Å². The Morgan fingerprint density at radius 3 is 1.60 bits per heavy atom. The normalized spacial score (nSPS) is 5.00. The SMILES string of the molecule is CC([O])=O.[Cu]. The number of carbonyl (C=O) groups is 1. The van der Waals surface area contributed by atoms with Crippen molar-refractivity contribution in [2.24, 2.45) is 0 Å². The minimum absolute atomic E-state index is 0. The van der Waals surface area contributed by atoms with Gasteiger partial charge in [0.25, 0.3) is 0 Å². The van der Waals surface area contributed by atoms with Gasteiger partial charge in [-0.25, -0.2) is 9.90 Å². The van der Waals surface area contributed by atoms with Gasteiger partial charge in [-0.1, -0.05) is 0 Å². The van der Waals surface area contributed by atoms with E-state index < -0.39 is 5.97 Å². The van der Waals surface area contributed by atoms with Crippen molar-refractivity contribution in [1.82, 2.24) is 0 Å². The van der Waals surface area contributed by atoms with Crippen molar-refractivity contribution in [3.8, 4) is 0 Å². The predicted octanol–water partition coefficient (Wildman–Crippen LogP) is -0.0391. The third kappa shape index (κ3) is 143000. The van der Waals surface area contributed by atoms with Gasteiger partial charge in [-0.2, -0.15) is 0 Å². The molecule has 5 heavy (non-hydrogen) atoms. The number of carbonyl (C=O) groups excluding carboxylic acids is 1. The fraction of sp³-hybridized carbons (Fsp3) is 0.500. The summed E-state index contributed by atoms with van der Waals surface area (Å²) in [6.07, 6.45) is 0. The fourth-order valence-corrected chi connectivity index (χ4v) is 0. The van der Waals surface area contributed by atoms with E-state index >= 15 is 0 Å². The zero-order valence-electron chi connectivity index (χ0n) is 2.62. The van der Waals surface area contributed by atoms with Gasteiger partial charge in [0.2, 0.25) is 0 Å². The topological polar surface area (TPSA) is 37.0 Å². The molecule has 0 atom stereocenters. The van der Waals surface area contributed by atoms with Crippen molar-refractivity contribution in [3.05, 3.63) is 0 Å². The third-order valence-corrected chi connectivity index (χ3v) is 0. The molecular weight excluding hydrogens is 120 g/mol. The van der Waals surface area contributed by atoms with Gasteiger partial charge in [0.1, 0.15) is 0 Å². The Bertz CT molecular complexity index is 30.6.